The Balaban J connectivity index is 1.28. The lowest BCUT2D eigenvalue weighted by atomic mass is 9.88. The molecule has 254 valence electrons. The molecule has 6 rings (SSSR count). The van der Waals surface area contributed by atoms with Gasteiger partial charge in [-0.1, -0.05) is 121 Å². The maximum Gasteiger partial charge on any atom is 0.183 e. The van der Waals surface area contributed by atoms with Crippen LogP contribution in [-0.4, -0.2) is 22.1 Å². The molecule has 0 amide bonds. The summed E-state index contributed by atoms with van der Waals surface area (Å²) in [5.74, 6) is 2.22. The standard InChI is InChI=1S/C42H42N4O4/c43-31-42(44,25-36-40(49-29-34-17-9-3-10-18-34)38(21-23-45-36)47-27-32-13-5-1-6-14-32)26-37-41(50-30-35-19-11-4-12-20-35)39(22-24-46-37)48-28-33-15-7-2-8-16-33/h1-24H,25-31,43-44H2. The zero-order valence-electron chi connectivity index (χ0n) is 28.0. The first-order valence-corrected chi connectivity index (χ1v) is 16.7. The lowest BCUT2D eigenvalue weighted by Gasteiger charge is -2.29. The number of hydrogen-bond acceptors (Lipinski definition) is 8. The molecule has 0 aliphatic rings. The summed E-state index contributed by atoms with van der Waals surface area (Å²) in [6.45, 7) is 1.57. The van der Waals surface area contributed by atoms with E-state index in [2.05, 4.69) is 0 Å². The second-order valence-corrected chi connectivity index (χ2v) is 12.2. The molecule has 8 nitrogen and oxygen atoms in total. The van der Waals surface area contributed by atoms with E-state index in [0.29, 0.717) is 73.7 Å². The van der Waals surface area contributed by atoms with Gasteiger partial charge >= 0.3 is 0 Å². The van der Waals surface area contributed by atoms with E-state index in [4.69, 9.17) is 40.4 Å². The summed E-state index contributed by atoms with van der Waals surface area (Å²) >= 11 is 0. The third kappa shape index (κ3) is 9.47. The fourth-order valence-corrected chi connectivity index (χ4v) is 5.53. The molecule has 0 aliphatic carbocycles. The maximum atomic E-state index is 7.15. The van der Waals surface area contributed by atoms with Crippen LogP contribution in [0.4, 0.5) is 0 Å². The molecule has 0 atom stereocenters. The first kappa shape index (κ1) is 34.2. The summed E-state index contributed by atoms with van der Waals surface area (Å²) in [7, 11) is 0. The number of benzene rings is 4. The highest BCUT2D eigenvalue weighted by molar-refractivity contribution is 5.46. The second kappa shape index (κ2) is 17.1. The number of ether oxygens (including phenoxy) is 4. The normalized spacial score (nSPS) is 11.2. The maximum absolute atomic E-state index is 7.15. The van der Waals surface area contributed by atoms with Crippen molar-refractivity contribution in [1.82, 2.24) is 9.97 Å². The molecule has 4 N–H and O–H groups in total. The van der Waals surface area contributed by atoms with Gasteiger partial charge in [0.25, 0.3) is 0 Å². The van der Waals surface area contributed by atoms with Crippen molar-refractivity contribution in [2.24, 2.45) is 11.5 Å². The number of nitrogens with two attached hydrogens (primary N) is 2. The molecule has 0 spiro atoms. The van der Waals surface area contributed by atoms with Gasteiger partial charge in [0.15, 0.2) is 23.0 Å². The number of nitrogens with zero attached hydrogens (tertiary/aromatic N) is 2. The van der Waals surface area contributed by atoms with Crippen LogP contribution >= 0.6 is 0 Å². The van der Waals surface area contributed by atoms with E-state index in [1.807, 2.05) is 133 Å². The lowest BCUT2D eigenvalue weighted by Crippen LogP contribution is -2.51. The van der Waals surface area contributed by atoms with Crippen molar-refractivity contribution in [3.05, 3.63) is 179 Å². The van der Waals surface area contributed by atoms with Crippen LogP contribution in [0.3, 0.4) is 0 Å². The fraction of sp³-hybridized carbons (Fsp3) is 0.190. The smallest absolute Gasteiger partial charge is 0.183 e. The molecular formula is C42H42N4O4. The Morgan fingerprint density at radius 3 is 1.08 bits per heavy atom. The Labute approximate surface area is 293 Å². The van der Waals surface area contributed by atoms with Crippen molar-refractivity contribution < 1.29 is 18.9 Å². The number of aromatic nitrogens is 2. The molecular weight excluding hydrogens is 624 g/mol. The minimum absolute atomic E-state index is 0.150. The van der Waals surface area contributed by atoms with Crippen LogP contribution in [0.2, 0.25) is 0 Å². The highest BCUT2D eigenvalue weighted by atomic mass is 16.5. The van der Waals surface area contributed by atoms with Crippen LogP contribution in [-0.2, 0) is 39.3 Å². The van der Waals surface area contributed by atoms with Gasteiger partial charge in [-0.2, -0.15) is 0 Å². The first-order valence-electron chi connectivity index (χ1n) is 16.7. The zero-order chi connectivity index (χ0) is 34.4. The molecule has 0 fully saturated rings. The van der Waals surface area contributed by atoms with Crippen LogP contribution in [0, 0.1) is 0 Å². The average Bonchev–Trinajstić information content (AvgIpc) is 3.17. The monoisotopic (exact) mass is 666 g/mol. The van der Waals surface area contributed by atoms with E-state index >= 15 is 0 Å². The van der Waals surface area contributed by atoms with E-state index < -0.39 is 5.54 Å². The van der Waals surface area contributed by atoms with Gasteiger partial charge in [0.2, 0.25) is 0 Å². The Kier molecular flexibility index (Phi) is 11.7. The van der Waals surface area contributed by atoms with Crippen molar-refractivity contribution in [1.29, 1.82) is 0 Å². The van der Waals surface area contributed by atoms with E-state index in [1.165, 1.54) is 0 Å². The molecule has 6 aromatic rings. The van der Waals surface area contributed by atoms with Crippen LogP contribution in [0.1, 0.15) is 33.6 Å². The molecule has 0 aliphatic heterocycles. The molecule has 0 saturated heterocycles. The number of pyridine rings is 2. The number of hydrogen-bond donors (Lipinski definition) is 2. The summed E-state index contributed by atoms with van der Waals surface area (Å²) in [5, 5.41) is 0. The predicted molar refractivity (Wildman–Crippen MR) is 195 cm³/mol. The van der Waals surface area contributed by atoms with E-state index in [9.17, 15) is 0 Å². The molecule has 50 heavy (non-hydrogen) atoms. The summed E-state index contributed by atoms with van der Waals surface area (Å²) in [5.41, 5.74) is 18.0. The van der Waals surface area contributed by atoms with Gasteiger partial charge in [0.05, 0.1) is 11.4 Å². The van der Waals surface area contributed by atoms with E-state index in [0.717, 1.165) is 22.3 Å². The Hall–Kier alpha value is -5.70. The van der Waals surface area contributed by atoms with Gasteiger partial charge in [0, 0.05) is 49.5 Å². The highest BCUT2D eigenvalue weighted by Gasteiger charge is 2.31. The van der Waals surface area contributed by atoms with Crippen molar-refractivity contribution >= 4 is 0 Å². The Morgan fingerprint density at radius 2 is 0.760 bits per heavy atom. The minimum atomic E-state index is -0.966. The van der Waals surface area contributed by atoms with Gasteiger partial charge in [-0.25, -0.2) is 0 Å². The van der Waals surface area contributed by atoms with Crippen LogP contribution < -0.4 is 30.4 Å². The lowest BCUT2D eigenvalue weighted by molar-refractivity contribution is 0.247. The topological polar surface area (TPSA) is 115 Å². The molecule has 2 heterocycles. The molecule has 4 aromatic carbocycles. The van der Waals surface area contributed by atoms with Crippen LogP contribution in [0.15, 0.2) is 146 Å². The molecule has 0 unspecified atom stereocenters. The zero-order valence-corrected chi connectivity index (χ0v) is 28.0. The van der Waals surface area contributed by atoms with Gasteiger partial charge < -0.3 is 30.4 Å². The fourth-order valence-electron chi connectivity index (χ4n) is 5.53. The predicted octanol–water partition coefficient (Wildman–Crippen LogP) is 7.23. The average molecular weight is 667 g/mol. The third-order valence-electron chi connectivity index (χ3n) is 8.26. The van der Waals surface area contributed by atoms with Crippen molar-refractivity contribution in [3.8, 4) is 23.0 Å². The molecule has 0 bridgehead atoms. The third-order valence-corrected chi connectivity index (χ3v) is 8.26. The molecule has 8 heteroatoms. The van der Waals surface area contributed by atoms with Crippen molar-refractivity contribution in [2.75, 3.05) is 6.54 Å². The van der Waals surface area contributed by atoms with Crippen molar-refractivity contribution in [3.63, 3.8) is 0 Å². The molecule has 2 aromatic heterocycles. The van der Waals surface area contributed by atoms with Gasteiger partial charge in [-0.15, -0.1) is 0 Å². The van der Waals surface area contributed by atoms with Crippen LogP contribution in [0.25, 0.3) is 0 Å². The Morgan fingerprint density at radius 1 is 0.440 bits per heavy atom. The largest absolute Gasteiger partial charge is 0.485 e. The van der Waals surface area contributed by atoms with E-state index in [1.54, 1.807) is 12.4 Å². The van der Waals surface area contributed by atoms with Gasteiger partial charge in [-0.3, -0.25) is 9.97 Å². The summed E-state index contributed by atoms with van der Waals surface area (Å²) in [6.07, 6.45) is 4.02. The minimum Gasteiger partial charge on any atom is -0.485 e. The summed E-state index contributed by atoms with van der Waals surface area (Å²) in [6, 6.07) is 43.6. The second-order valence-electron chi connectivity index (χ2n) is 12.2. The van der Waals surface area contributed by atoms with Crippen molar-refractivity contribution in [2.45, 2.75) is 44.8 Å². The van der Waals surface area contributed by atoms with Crippen LogP contribution in [0.5, 0.6) is 23.0 Å². The highest BCUT2D eigenvalue weighted by Crippen LogP contribution is 2.36. The van der Waals surface area contributed by atoms with E-state index in [-0.39, 0.29) is 6.54 Å². The molecule has 0 saturated carbocycles. The number of rotatable bonds is 17. The van der Waals surface area contributed by atoms with Gasteiger partial charge in [-0.05, 0) is 22.3 Å². The summed E-state index contributed by atoms with van der Waals surface area (Å²) in [4.78, 5) is 9.49. The quantitative estimate of drug-likeness (QED) is 0.105. The Bertz CT molecular complexity index is 1770. The summed E-state index contributed by atoms with van der Waals surface area (Å²) < 4.78 is 25.5. The first-order chi connectivity index (χ1) is 24.6. The van der Waals surface area contributed by atoms with Gasteiger partial charge in [0.1, 0.15) is 26.4 Å². The SMILES string of the molecule is NCC(N)(Cc1nccc(OCc2ccccc2)c1OCc1ccccc1)Cc1nccc(OCc2ccccc2)c1OCc1ccccc1. The molecule has 0 radical (unpaired) electrons.